The first-order chi connectivity index (χ1) is 14.8. The minimum absolute atomic E-state index is 0.103. The van der Waals surface area contributed by atoms with Crippen molar-refractivity contribution in [2.24, 2.45) is 0 Å². The number of nitrogens with zero attached hydrogens (tertiary/aromatic N) is 3. The zero-order valence-corrected chi connectivity index (χ0v) is 16.5. The second kappa shape index (κ2) is 7.97. The average molecular weight is 436 g/mol. The average Bonchev–Trinajstić information content (AvgIpc) is 3.16. The van der Waals surface area contributed by atoms with E-state index in [0.29, 0.717) is 43.0 Å². The van der Waals surface area contributed by atoms with E-state index in [1.165, 1.54) is 10.9 Å². The number of pyridine rings is 1. The van der Waals surface area contributed by atoms with Crippen LogP contribution in [0.4, 0.5) is 18.9 Å². The molecule has 0 fully saturated rings. The summed E-state index contributed by atoms with van der Waals surface area (Å²) in [7, 11) is 0. The van der Waals surface area contributed by atoms with Crippen molar-refractivity contribution in [2.75, 3.05) is 18.5 Å². The molecule has 0 atom stereocenters. The molecule has 4 rings (SSSR count). The topological polar surface area (TPSA) is 87.4 Å². The van der Waals surface area contributed by atoms with Crippen molar-refractivity contribution < 1.29 is 27.4 Å². The van der Waals surface area contributed by atoms with E-state index in [-0.39, 0.29) is 24.0 Å². The predicted octanol–water partition coefficient (Wildman–Crippen LogP) is 3.04. The highest BCUT2D eigenvalue weighted by Gasteiger charge is 2.35. The first-order valence-electron chi connectivity index (χ1n) is 9.64. The summed E-state index contributed by atoms with van der Waals surface area (Å²) in [5, 5.41) is 6.60. The smallest absolute Gasteiger partial charge is 0.417 e. The molecule has 3 aromatic rings. The number of fused-ring (bicyclic) bond motifs is 2. The highest BCUT2D eigenvalue weighted by molar-refractivity contribution is 5.91. The van der Waals surface area contributed by atoms with Crippen LogP contribution in [0.2, 0.25) is 0 Å². The number of aromatic nitrogens is 3. The molecular weight excluding hydrogens is 417 g/mol. The van der Waals surface area contributed by atoms with Gasteiger partial charge in [-0.25, -0.2) is 0 Å². The van der Waals surface area contributed by atoms with Crippen LogP contribution in [0.15, 0.2) is 35.3 Å². The number of nitrogens with one attached hydrogen (secondary N) is 1. The number of carbonyl (C=O) groups is 1. The van der Waals surface area contributed by atoms with Crippen LogP contribution in [0, 0.1) is 0 Å². The molecular formula is C20H19F3N4O4. The number of hydrogen-bond acceptors (Lipinski definition) is 5. The van der Waals surface area contributed by atoms with E-state index in [2.05, 4.69) is 10.4 Å². The number of anilines is 1. The van der Waals surface area contributed by atoms with E-state index in [1.807, 2.05) is 0 Å². The third-order valence-electron chi connectivity index (χ3n) is 4.84. The van der Waals surface area contributed by atoms with Crippen LogP contribution in [0.1, 0.15) is 18.9 Å². The number of amides is 1. The molecule has 8 nitrogen and oxygen atoms in total. The zero-order chi connectivity index (χ0) is 22.2. The van der Waals surface area contributed by atoms with Crippen molar-refractivity contribution in [2.45, 2.75) is 32.6 Å². The van der Waals surface area contributed by atoms with E-state index >= 15 is 0 Å². The lowest BCUT2D eigenvalue weighted by Gasteiger charge is -2.19. The predicted molar refractivity (Wildman–Crippen MR) is 105 cm³/mol. The Bertz CT molecular complexity index is 1200. The maximum Gasteiger partial charge on any atom is 0.417 e. The molecule has 11 heteroatoms. The van der Waals surface area contributed by atoms with Gasteiger partial charge >= 0.3 is 6.18 Å². The number of ether oxygens (including phenoxy) is 2. The Morgan fingerprint density at radius 3 is 2.65 bits per heavy atom. The summed E-state index contributed by atoms with van der Waals surface area (Å²) in [6.45, 7) is 2.79. The number of hydrogen-bond donors (Lipinski definition) is 1. The van der Waals surface area contributed by atoms with Gasteiger partial charge in [0, 0.05) is 48.9 Å². The van der Waals surface area contributed by atoms with Gasteiger partial charge in [0.2, 0.25) is 5.91 Å². The molecule has 1 N–H and O–H groups in total. The second-order valence-corrected chi connectivity index (χ2v) is 6.92. The molecule has 0 saturated carbocycles. The normalized spacial score (nSPS) is 13.4. The van der Waals surface area contributed by atoms with Crippen molar-refractivity contribution in [1.29, 1.82) is 0 Å². The van der Waals surface area contributed by atoms with E-state index in [1.54, 1.807) is 25.1 Å². The summed E-state index contributed by atoms with van der Waals surface area (Å²) in [5.41, 5.74) is -1.53. The standard InChI is InChI=1S/C20H19F3N4O4/c1-2-26-11-13-14(20(21,22)23)10-18(29)27(19(13)25-26)6-5-17(28)24-12-3-4-15-16(9-12)31-8-7-30-15/h3-4,9-11H,2,5-8H2,1H3,(H,24,28). The summed E-state index contributed by atoms with van der Waals surface area (Å²) in [4.78, 5) is 24.8. The Morgan fingerprint density at radius 2 is 1.94 bits per heavy atom. The van der Waals surface area contributed by atoms with Gasteiger partial charge in [0.25, 0.3) is 5.56 Å². The third-order valence-corrected chi connectivity index (χ3v) is 4.84. The number of carbonyl (C=O) groups excluding carboxylic acids is 1. The molecule has 1 amide bonds. The van der Waals surface area contributed by atoms with Crippen molar-refractivity contribution in [3.05, 3.63) is 46.4 Å². The minimum Gasteiger partial charge on any atom is -0.486 e. The highest BCUT2D eigenvalue weighted by atomic mass is 19.4. The van der Waals surface area contributed by atoms with Gasteiger partial charge in [-0.3, -0.25) is 18.8 Å². The molecule has 164 valence electrons. The van der Waals surface area contributed by atoms with Crippen molar-refractivity contribution in [3.63, 3.8) is 0 Å². The van der Waals surface area contributed by atoms with E-state index in [0.717, 1.165) is 4.57 Å². The monoisotopic (exact) mass is 436 g/mol. The molecule has 0 radical (unpaired) electrons. The van der Waals surface area contributed by atoms with E-state index < -0.39 is 23.2 Å². The van der Waals surface area contributed by atoms with Crippen LogP contribution >= 0.6 is 0 Å². The number of halogens is 3. The Morgan fingerprint density at radius 1 is 1.19 bits per heavy atom. The zero-order valence-electron chi connectivity index (χ0n) is 16.5. The molecule has 1 aliphatic rings. The van der Waals surface area contributed by atoms with Crippen LogP contribution < -0.4 is 20.3 Å². The quantitative estimate of drug-likeness (QED) is 0.665. The van der Waals surface area contributed by atoms with Crippen LogP contribution in [0.5, 0.6) is 11.5 Å². The number of aryl methyl sites for hydroxylation is 2. The summed E-state index contributed by atoms with van der Waals surface area (Å²) in [6.07, 6.45) is -3.56. The lowest BCUT2D eigenvalue weighted by atomic mass is 10.2. The molecule has 0 unspecified atom stereocenters. The van der Waals surface area contributed by atoms with Crippen LogP contribution in [-0.2, 0) is 24.1 Å². The Balaban J connectivity index is 1.55. The molecule has 0 bridgehead atoms. The Hall–Kier alpha value is -3.50. The summed E-state index contributed by atoms with van der Waals surface area (Å²) >= 11 is 0. The molecule has 2 aromatic heterocycles. The van der Waals surface area contributed by atoms with Crippen LogP contribution in [0.25, 0.3) is 11.0 Å². The van der Waals surface area contributed by atoms with Crippen molar-refractivity contribution in [1.82, 2.24) is 14.3 Å². The fourth-order valence-electron chi connectivity index (χ4n) is 3.35. The lowest BCUT2D eigenvalue weighted by Crippen LogP contribution is -2.25. The fourth-order valence-corrected chi connectivity index (χ4v) is 3.35. The Kier molecular flexibility index (Phi) is 5.34. The molecule has 1 aliphatic heterocycles. The summed E-state index contributed by atoms with van der Waals surface area (Å²) in [5.74, 6) is 0.677. The molecule has 0 saturated heterocycles. The van der Waals surface area contributed by atoms with Gasteiger partial charge in [-0.15, -0.1) is 0 Å². The highest BCUT2D eigenvalue weighted by Crippen LogP contribution is 2.34. The van der Waals surface area contributed by atoms with Gasteiger partial charge in [-0.1, -0.05) is 0 Å². The third kappa shape index (κ3) is 4.21. The summed E-state index contributed by atoms with van der Waals surface area (Å²) in [6, 6.07) is 5.49. The lowest BCUT2D eigenvalue weighted by molar-refractivity contribution is -0.136. The second-order valence-electron chi connectivity index (χ2n) is 6.92. The molecule has 31 heavy (non-hydrogen) atoms. The molecule has 3 heterocycles. The van der Waals surface area contributed by atoms with Crippen LogP contribution in [-0.4, -0.2) is 33.5 Å². The largest absolute Gasteiger partial charge is 0.486 e. The molecule has 0 aliphatic carbocycles. The van der Waals surface area contributed by atoms with Crippen LogP contribution in [0.3, 0.4) is 0 Å². The van der Waals surface area contributed by atoms with Crippen molar-refractivity contribution in [3.8, 4) is 11.5 Å². The van der Waals surface area contributed by atoms with Gasteiger partial charge in [0.1, 0.15) is 13.2 Å². The first kappa shape index (κ1) is 20.8. The number of alkyl halides is 3. The number of rotatable bonds is 5. The SMILES string of the molecule is CCn1cc2c(C(F)(F)F)cc(=O)n(CCC(=O)Nc3ccc4c(c3)OCCO4)c2n1. The Labute approximate surface area is 174 Å². The fraction of sp³-hybridized carbons (Fsp3) is 0.350. The van der Waals surface area contributed by atoms with Gasteiger partial charge in [-0.05, 0) is 19.1 Å². The van der Waals surface area contributed by atoms with Gasteiger partial charge < -0.3 is 14.8 Å². The van der Waals surface area contributed by atoms with E-state index in [9.17, 15) is 22.8 Å². The van der Waals surface area contributed by atoms with E-state index in [4.69, 9.17) is 9.47 Å². The molecule has 0 spiro atoms. The van der Waals surface area contributed by atoms with Gasteiger partial charge in [0.05, 0.1) is 5.56 Å². The van der Waals surface area contributed by atoms with Gasteiger partial charge in [0.15, 0.2) is 17.1 Å². The molecule has 1 aromatic carbocycles. The number of benzene rings is 1. The maximum absolute atomic E-state index is 13.4. The summed E-state index contributed by atoms with van der Waals surface area (Å²) < 4.78 is 53.3. The first-order valence-corrected chi connectivity index (χ1v) is 9.64. The minimum atomic E-state index is -4.69. The van der Waals surface area contributed by atoms with Crippen molar-refractivity contribution >= 4 is 22.6 Å². The maximum atomic E-state index is 13.4. The van der Waals surface area contributed by atoms with Gasteiger partial charge in [-0.2, -0.15) is 18.3 Å².